The van der Waals surface area contributed by atoms with Gasteiger partial charge in [-0.05, 0) is 72.1 Å². The van der Waals surface area contributed by atoms with Crippen LogP contribution in [-0.2, 0) is 14.4 Å². The number of anilines is 2. The quantitative estimate of drug-likeness (QED) is 0.175. The first kappa shape index (κ1) is 27.6. The molecule has 4 aromatic rings. The van der Waals surface area contributed by atoms with Crippen LogP contribution in [0.3, 0.4) is 0 Å². The van der Waals surface area contributed by atoms with Crippen LogP contribution in [0.1, 0.15) is 21.7 Å². The van der Waals surface area contributed by atoms with Gasteiger partial charge in [-0.2, -0.15) is 0 Å². The zero-order chi connectivity index (χ0) is 28.1. The van der Waals surface area contributed by atoms with Crippen molar-refractivity contribution in [1.82, 2.24) is 5.32 Å². The molecular formula is C30H22BrN3O4S2. The number of hydrogen-bond acceptors (Lipinski definition) is 6. The van der Waals surface area contributed by atoms with Gasteiger partial charge in [-0.25, -0.2) is 4.90 Å². The van der Waals surface area contributed by atoms with Crippen molar-refractivity contribution in [2.75, 3.05) is 10.2 Å². The predicted molar refractivity (Wildman–Crippen MR) is 162 cm³/mol. The molecule has 200 valence electrons. The molecule has 40 heavy (non-hydrogen) atoms. The van der Waals surface area contributed by atoms with Gasteiger partial charge in [0.2, 0.25) is 11.8 Å². The molecule has 0 aliphatic carbocycles. The maximum atomic E-state index is 13.3. The Bertz CT molecular complexity index is 1590. The fraction of sp³-hybridized carbons (Fsp3) is 0.0667. The van der Waals surface area contributed by atoms with Gasteiger partial charge in [0.1, 0.15) is 5.70 Å². The van der Waals surface area contributed by atoms with Gasteiger partial charge in [0, 0.05) is 31.9 Å². The monoisotopic (exact) mass is 631 g/mol. The minimum absolute atomic E-state index is 0.0787. The number of thioether (sulfide) groups is 1. The highest BCUT2D eigenvalue weighted by atomic mass is 79.9. The average molecular weight is 633 g/mol. The van der Waals surface area contributed by atoms with E-state index >= 15 is 0 Å². The standard InChI is InChI=1S/C30H22BrN3O4S2/c31-20-11-13-22(14-12-20)34-27(35)18-26(30(34)38)40-24-9-4-8-21(16-24)32-29(37)25(17-23-10-5-15-39-23)33-28(36)19-6-2-1-3-7-19/h1-17,26H,18H2,(H,32,37)(H,33,36)/b25-17+/t26-/m1/s1. The summed E-state index contributed by atoms with van der Waals surface area (Å²) in [7, 11) is 0. The van der Waals surface area contributed by atoms with Crippen LogP contribution in [0.2, 0.25) is 0 Å². The van der Waals surface area contributed by atoms with Crippen LogP contribution < -0.4 is 15.5 Å². The number of carbonyl (C=O) groups is 4. The molecule has 0 radical (unpaired) electrons. The van der Waals surface area contributed by atoms with Crippen molar-refractivity contribution < 1.29 is 19.2 Å². The number of imide groups is 1. The van der Waals surface area contributed by atoms with E-state index in [0.29, 0.717) is 16.9 Å². The van der Waals surface area contributed by atoms with Crippen molar-refractivity contribution >= 4 is 80.1 Å². The van der Waals surface area contributed by atoms with E-state index in [2.05, 4.69) is 26.6 Å². The lowest BCUT2D eigenvalue weighted by molar-refractivity contribution is -0.121. The van der Waals surface area contributed by atoms with E-state index in [9.17, 15) is 19.2 Å². The van der Waals surface area contributed by atoms with E-state index in [4.69, 9.17) is 0 Å². The summed E-state index contributed by atoms with van der Waals surface area (Å²) in [5.74, 6) is -1.43. The molecule has 1 atom stereocenters. The van der Waals surface area contributed by atoms with E-state index in [-0.39, 0.29) is 23.9 Å². The SMILES string of the molecule is O=C(Nc1cccc(S[C@@H]2CC(=O)N(c3ccc(Br)cc3)C2=O)c1)/C(=C\c1cccs1)NC(=O)c1ccccc1. The normalized spacial score (nSPS) is 15.3. The molecule has 5 rings (SSSR count). The number of thiophene rings is 1. The van der Waals surface area contributed by atoms with Gasteiger partial charge < -0.3 is 10.6 Å². The van der Waals surface area contributed by atoms with Crippen molar-refractivity contribution in [3.63, 3.8) is 0 Å². The van der Waals surface area contributed by atoms with Crippen molar-refractivity contribution in [2.24, 2.45) is 0 Å². The number of hydrogen-bond donors (Lipinski definition) is 2. The summed E-state index contributed by atoms with van der Waals surface area (Å²) in [6.07, 6.45) is 1.70. The molecule has 0 spiro atoms. The first-order valence-electron chi connectivity index (χ1n) is 12.2. The Hall–Kier alpha value is -3.99. The van der Waals surface area contributed by atoms with Gasteiger partial charge >= 0.3 is 0 Å². The molecule has 7 nitrogen and oxygen atoms in total. The predicted octanol–water partition coefficient (Wildman–Crippen LogP) is 6.34. The number of nitrogens with zero attached hydrogens (tertiary/aromatic N) is 1. The van der Waals surface area contributed by atoms with Gasteiger partial charge in [-0.1, -0.05) is 46.3 Å². The van der Waals surface area contributed by atoms with Gasteiger partial charge in [0.05, 0.1) is 10.9 Å². The molecule has 10 heteroatoms. The highest BCUT2D eigenvalue weighted by Crippen LogP contribution is 2.35. The maximum absolute atomic E-state index is 13.3. The van der Waals surface area contributed by atoms with E-state index in [1.54, 1.807) is 72.8 Å². The topological polar surface area (TPSA) is 95.6 Å². The third kappa shape index (κ3) is 6.59. The van der Waals surface area contributed by atoms with Crippen molar-refractivity contribution in [3.05, 3.63) is 117 Å². The molecule has 1 aliphatic rings. The third-order valence-electron chi connectivity index (χ3n) is 5.92. The molecule has 1 aromatic heterocycles. The Labute approximate surface area is 247 Å². The number of rotatable bonds is 8. The minimum atomic E-state index is -0.582. The summed E-state index contributed by atoms with van der Waals surface area (Å²) < 4.78 is 0.855. The first-order chi connectivity index (χ1) is 19.4. The Morgan fingerprint density at radius 3 is 2.45 bits per heavy atom. The van der Waals surface area contributed by atoms with Gasteiger partial charge in [-0.15, -0.1) is 23.1 Å². The van der Waals surface area contributed by atoms with Crippen LogP contribution in [0.5, 0.6) is 0 Å². The Balaban J connectivity index is 1.30. The number of halogens is 1. The zero-order valence-electron chi connectivity index (χ0n) is 20.9. The summed E-state index contributed by atoms with van der Waals surface area (Å²) in [6, 6.07) is 26.4. The summed E-state index contributed by atoms with van der Waals surface area (Å²) in [4.78, 5) is 54.6. The van der Waals surface area contributed by atoms with Crippen molar-refractivity contribution in [3.8, 4) is 0 Å². The molecular weight excluding hydrogens is 610 g/mol. The fourth-order valence-electron chi connectivity index (χ4n) is 4.03. The summed E-state index contributed by atoms with van der Waals surface area (Å²) in [5, 5.41) is 6.86. The molecule has 1 aliphatic heterocycles. The third-order valence-corrected chi connectivity index (χ3v) is 8.45. The van der Waals surface area contributed by atoms with E-state index in [1.165, 1.54) is 28.0 Å². The number of amides is 4. The Kier molecular flexibility index (Phi) is 8.59. The van der Waals surface area contributed by atoms with E-state index in [0.717, 1.165) is 14.2 Å². The molecule has 3 aromatic carbocycles. The van der Waals surface area contributed by atoms with Crippen LogP contribution in [0.4, 0.5) is 11.4 Å². The van der Waals surface area contributed by atoms with Crippen LogP contribution in [-0.4, -0.2) is 28.9 Å². The van der Waals surface area contributed by atoms with Crippen LogP contribution in [0.25, 0.3) is 6.08 Å². The smallest absolute Gasteiger partial charge is 0.272 e. The van der Waals surface area contributed by atoms with Crippen molar-refractivity contribution in [2.45, 2.75) is 16.6 Å². The fourth-order valence-corrected chi connectivity index (χ4v) is 6.06. The summed E-state index contributed by atoms with van der Waals surface area (Å²) in [5.41, 5.74) is 1.54. The lowest BCUT2D eigenvalue weighted by Gasteiger charge is -2.15. The molecule has 0 saturated carbocycles. The van der Waals surface area contributed by atoms with Gasteiger partial charge in [0.15, 0.2) is 0 Å². The summed E-state index contributed by atoms with van der Waals surface area (Å²) in [6.45, 7) is 0. The molecule has 2 heterocycles. The Morgan fingerprint density at radius 2 is 1.73 bits per heavy atom. The first-order valence-corrected chi connectivity index (χ1v) is 14.7. The largest absolute Gasteiger partial charge is 0.321 e. The molecule has 0 bridgehead atoms. The molecule has 1 saturated heterocycles. The number of nitrogens with one attached hydrogen (secondary N) is 2. The number of benzene rings is 3. The second-order valence-corrected chi connectivity index (χ2v) is 11.9. The lowest BCUT2D eigenvalue weighted by atomic mass is 10.2. The van der Waals surface area contributed by atoms with Crippen LogP contribution in [0.15, 0.2) is 111 Å². The highest BCUT2D eigenvalue weighted by molar-refractivity contribution is 9.10. The molecule has 1 fully saturated rings. The Morgan fingerprint density at radius 1 is 0.950 bits per heavy atom. The van der Waals surface area contributed by atoms with E-state index in [1.807, 2.05) is 29.6 Å². The minimum Gasteiger partial charge on any atom is -0.321 e. The summed E-state index contributed by atoms with van der Waals surface area (Å²) >= 11 is 6.08. The van der Waals surface area contributed by atoms with E-state index < -0.39 is 17.1 Å². The second-order valence-electron chi connectivity index (χ2n) is 8.73. The van der Waals surface area contributed by atoms with Gasteiger partial charge in [-0.3, -0.25) is 19.2 Å². The average Bonchev–Trinajstić information content (AvgIpc) is 3.56. The van der Waals surface area contributed by atoms with Crippen LogP contribution in [0, 0.1) is 0 Å². The van der Waals surface area contributed by atoms with Crippen LogP contribution >= 0.6 is 39.0 Å². The molecule has 2 N–H and O–H groups in total. The lowest BCUT2D eigenvalue weighted by Crippen LogP contribution is -2.31. The van der Waals surface area contributed by atoms with Crippen molar-refractivity contribution in [1.29, 1.82) is 0 Å². The molecule has 0 unspecified atom stereocenters. The second kappa shape index (κ2) is 12.5. The zero-order valence-corrected chi connectivity index (χ0v) is 24.1. The van der Waals surface area contributed by atoms with Gasteiger partial charge in [0.25, 0.3) is 11.8 Å². The highest BCUT2D eigenvalue weighted by Gasteiger charge is 2.40. The molecule has 4 amide bonds. The maximum Gasteiger partial charge on any atom is 0.272 e. The number of carbonyl (C=O) groups excluding carboxylic acids is 4.